The molecule has 4 aromatic rings. The van der Waals surface area contributed by atoms with E-state index in [1.807, 2.05) is 16.8 Å². The summed E-state index contributed by atoms with van der Waals surface area (Å²) in [5.74, 6) is 2.40. The highest BCUT2D eigenvalue weighted by Gasteiger charge is 2.44. The molecule has 2 aliphatic rings. The minimum Gasteiger partial charge on any atom is -0.398 e. The van der Waals surface area contributed by atoms with Gasteiger partial charge in [-0.1, -0.05) is 26.8 Å². The minimum absolute atomic E-state index is 0.000297. The molecule has 8 nitrogen and oxygen atoms in total. The molecular weight excluding hydrogens is 512 g/mol. The Morgan fingerprint density at radius 1 is 1.05 bits per heavy atom. The number of anilines is 1. The number of hydrogen-bond donors (Lipinski definition) is 4. The molecule has 0 saturated heterocycles. The van der Waals surface area contributed by atoms with Crippen molar-refractivity contribution >= 4 is 27.8 Å². The third-order valence-electron chi connectivity index (χ3n) is 9.68. The molecule has 3 heterocycles. The number of aliphatic hydroxyl groups is 2. The maximum Gasteiger partial charge on any atom is 0.142 e. The highest BCUT2D eigenvalue weighted by atomic mass is 16.3. The predicted octanol–water partition coefficient (Wildman–Crippen LogP) is 5.05. The number of nitrogens with zero attached hydrogens (tertiary/aromatic N) is 4. The Morgan fingerprint density at radius 2 is 1.83 bits per heavy atom. The lowest BCUT2D eigenvalue weighted by molar-refractivity contribution is -0.00531. The molecule has 0 bridgehead atoms. The van der Waals surface area contributed by atoms with Gasteiger partial charge in [-0.3, -0.25) is 0 Å². The molecule has 41 heavy (non-hydrogen) atoms. The maximum atomic E-state index is 11.1. The van der Waals surface area contributed by atoms with E-state index < -0.39 is 12.2 Å². The average Bonchev–Trinajstić information content (AvgIpc) is 3.58. The number of nitrogen functional groups attached to an aromatic ring is 1. The normalized spacial score (nSPS) is 27.0. The van der Waals surface area contributed by atoms with E-state index in [1.165, 1.54) is 18.4 Å². The van der Waals surface area contributed by atoms with E-state index in [2.05, 4.69) is 67.7 Å². The largest absolute Gasteiger partial charge is 0.398 e. The van der Waals surface area contributed by atoms with Gasteiger partial charge in [0.15, 0.2) is 0 Å². The van der Waals surface area contributed by atoms with Gasteiger partial charge in [0, 0.05) is 54.9 Å². The van der Waals surface area contributed by atoms with Crippen LogP contribution >= 0.6 is 0 Å². The third kappa shape index (κ3) is 5.49. The summed E-state index contributed by atoms with van der Waals surface area (Å²) in [7, 11) is 0. The van der Waals surface area contributed by atoms with Gasteiger partial charge in [-0.05, 0) is 80.2 Å². The van der Waals surface area contributed by atoms with Crippen molar-refractivity contribution in [3.63, 3.8) is 0 Å². The Morgan fingerprint density at radius 3 is 2.56 bits per heavy atom. The van der Waals surface area contributed by atoms with Gasteiger partial charge in [0.05, 0.1) is 23.2 Å². The monoisotopic (exact) mass is 558 g/mol. The smallest absolute Gasteiger partial charge is 0.142 e. The molecule has 0 spiro atoms. The number of benzene rings is 1. The van der Waals surface area contributed by atoms with Crippen molar-refractivity contribution in [1.29, 1.82) is 0 Å². The number of rotatable bonds is 8. The summed E-state index contributed by atoms with van der Waals surface area (Å²) in [5, 5.41) is 23.0. The molecule has 0 unspecified atom stereocenters. The van der Waals surface area contributed by atoms with Gasteiger partial charge in [-0.2, -0.15) is 0 Å². The maximum absolute atomic E-state index is 11.1. The van der Waals surface area contributed by atoms with E-state index in [4.69, 9.17) is 10.7 Å². The molecular formula is C33H46N6O2. The highest BCUT2D eigenvalue weighted by molar-refractivity contribution is 5.88. The fraction of sp³-hybridized carbons (Fsp3) is 0.576. The van der Waals surface area contributed by atoms with Crippen molar-refractivity contribution in [2.75, 3.05) is 18.8 Å². The zero-order valence-electron chi connectivity index (χ0n) is 25.1. The number of pyridine rings is 1. The highest BCUT2D eigenvalue weighted by Crippen LogP contribution is 2.40. The first kappa shape index (κ1) is 28.2. The summed E-state index contributed by atoms with van der Waals surface area (Å²) in [6.07, 6.45) is 6.16. The second-order valence-electron chi connectivity index (χ2n) is 14.0. The van der Waals surface area contributed by atoms with Crippen LogP contribution in [0.5, 0.6) is 0 Å². The Kier molecular flexibility index (Phi) is 7.37. The van der Waals surface area contributed by atoms with Crippen molar-refractivity contribution < 1.29 is 10.2 Å². The van der Waals surface area contributed by atoms with Crippen LogP contribution in [-0.4, -0.2) is 66.0 Å². The van der Waals surface area contributed by atoms with Crippen LogP contribution in [0.25, 0.3) is 22.1 Å². The first-order valence-corrected chi connectivity index (χ1v) is 15.3. The summed E-state index contributed by atoms with van der Waals surface area (Å²) in [6, 6.07) is 10.5. The van der Waals surface area contributed by atoms with E-state index in [9.17, 15) is 10.2 Å². The second-order valence-corrected chi connectivity index (χ2v) is 14.0. The van der Waals surface area contributed by atoms with E-state index in [1.54, 1.807) is 12.3 Å². The number of hydrogen-bond acceptors (Lipinski definition) is 6. The molecule has 220 valence electrons. The molecule has 8 heteroatoms. The summed E-state index contributed by atoms with van der Waals surface area (Å²) < 4.78 is 2.00. The van der Waals surface area contributed by atoms with Gasteiger partial charge >= 0.3 is 0 Å². The van der Waals surface area contributed by atoms with E-state index in [-0.39, 0.29) is 17.4 Å². The molecule has 0 aliphatic heterocycles. The zero-order chi connectivity index (χ0) is 29.1. The first-order chi connectivity index (χ1) is 19.5. The molecule has 3 aromatic heterocycles. The number of aliphatic hydroxyl groups excluding tert-OH is 2. The molecule has 5 N–H and O–H groups in total. The number of nitrogens with two attached hydrogens (primary N) is 1. The zero-order valence-corrected chi connectivity index (χ0v) is 25.1. The second kappa shape index (κ2) is 10.7. The van der Waals surface area contributed by atoms with Crippen molar-refractivity contribution in [2.45, 2.75) is 90.0 Å². The molecule has 1 aromatic carbocycles. The molecule has 4 atom stereocenters. The summed E-state index contributed by atoms with van der Waals surface area (Å²) >= 11 is 0. The van der Waals surface area contributed by atoms with Crippen molar-refractivity contribution in [3.8, 4) is 0 Å². The molecule has 0 radical (unpaired) electrons. The minimum atomic E-state index is -0.829. The van der Waals surface area contributed by atoms with Crippen molar-refractivity contribution in [1.82, 2.24) is 24.4 Å². The Bertz CT molecular complexity index is 1510. The van der Waals surface area contributed by atoms with Crippen LogP contribution in [0.15, 0.2) is 42.7 Å². The topological polar surface area (TPSA) is 116 Å². The first-order valence-electron chi connectivity index (χ1n) is 15.3. The van der Waals surface area contributed by atoms with Crippen LogP contribution in [0.1, 0.15) is 71.3 Å². The number of fused-ring (bicyclic) bond motifs is 2. The van der Waals surface area contributed by atoms with Crippen LogP contribution < -0.4 is 5.73 Å². The van der Waals surface area contributed by atoms with Gasteiger partial charge in [-0.25, -0.2) is 9.97 Å². The molecule has 0 amide bonds. The number of H-pyrrole nitrogens is 1. The van der Waals surface area contributed by atoms with Crippen LogP contribution in [-0.2, 0) is 11.8 Å². The van der Waals surface area contributed by atoms with Gasteiger partial charge in [0.1, 0.15) is 17.6 Å². The van der Waals surface area contributed by atoms with E-state index >= 15 is 0 Å². The van der Waals surface area contributed by atoms with Gasteiger partial charge in [0.2, 0.25) is 0 Å². The number of aromatic amines is 1. The number of nitrogens with one attached hydrogen (secondary N) is 1. The Balaban J connectivity index is 1.05. The number of imidazole rings is 1. The van der Waals surface area contributed by atoms with E-state index in [0.29, 0.717) is 30.0 Å². The van der Waals surface area contributed by atoms with Gasteiger partial charge in [0.25, 0.3) is 0 Å². The Hall–Kier alpha value is -2.94. The lowest BCUT2D eigenvalue weighted by Crippen LogP contribution is -2.44. The van der Waals surface area contributed by atoms with E-state index in [0.717, 1.165) is 47.4 Å². The van der Waals surface area contributed by atoms with Gasteiger partial charge in [-0.15, -0.1) is 0 Å². The van der Waals surface area contributed by atoms with Crippen LogP contribution in [0.3, 0.4) is 0 Å². The Labute approximate surface area is 243 Å². The number of aromatic nitrogens is 4. The van der Waals surface area contributed by atoms with Gasteiger partial charge < -0.3 is 30.4 Å². The SMILES string of the molecule is CC(C)N(CC1CC(Cc2nc3ccc(C(C)(C)C)cc3[nH]2)C1)C[C@H]1C[C@@H](n2ccc3c(N)ccnc32)[C@H](O)[C@@H]1O. The fourth-order valence-electron chi connectivity index (χ4n) is 7.12. The standard InChI is InChI=1S/C33H46N6O2/c1-19(2)38(18-22-15-28(31(41)30(22)40)39-11-9-24-25(34)8-10-35-32(24)39)17-21-12-20(13-21)14-29-36-26-7-6-23(33(3,4)5)16-27(26)37-29/h6-11,16,19-22,28,30-31,40-41H,12-15,17-18H2,1-5H3,(H2,34,35)(H,36,37)/t20?,21?,22-,28-,30-,31+/m1/s1. The summed E-state index contributed by atoms with van der Waals surface area (Å²) in [6.45, 7) is 13.0. The van der Waals surface area contributed by atoms with Crippen molar-refractivity contribution in [3.05, 3.63) is 54.1 Å². The fourth-order valence-corrected chi connectivity index (χ4v) is 7.12. The quantitative estimate of drug-likeness (QED) is 0.240. The lowest BCUT2D eigenvalue weighted by Gasteiger charge is -2.40. The lowest BCUT2D eigenvalue weighted by atomic mass is 9.72. The van der Waals surface area contributed by atoms with Crippen molar-refractivity contribution in [2.24, 2.45) is 17.8 Å². The molecule has 2 aliphatic carbocycles. The van der Waals surface area contributed by atoms with Crippen LogP contribution in [0, 0.1) is 17.8 Å². The molecule has 2 saturated carbocycles. The third-order valence-corrected chi connectivity index (χ3v) is 9.68. The summed E-state index contributed by atoms with van der Waals surface area (Å²) in [5.41, 5.74) is 11.2. The van der Waals surface area contributed by atoms with Crippen LogP contribution in [0.4, 0.5) is 5.69 Å². The predicted molar refractivity (Wildman–Crippen MR) is 165 cm³/mol. The molecule has 2 fully saturated rings. The average molecular weight is 559 g/mol. The van der Waals surface area contributed by atoms with Crippen LogP contribution in [0.2, 0.25) is 0 Å². The molecule has 6 rings (SSSR count). The summed E-state index contributed by atoms with van der Waals surface area (Å²) in [4.78, 5) is 15.5.